The summed E-state index contributed by atoms with van der Waals surface area (Å²) in [4.78, 5) is 12.6. The molecule has 1 aromatic heterocycles. The van der Waals surface area contributed by atoms with Gasteiger partial charge in [0.2, 0.25) is 0 Å². The van der Waals surface area contributed by atoms with Crippen molar-refractivity contribution in [1.82, 2.24) is 9.78 Å². The van der Waals surface area contributed by atoms with E-state index in [-0.39, 0.29) is 12.6 Å². The lowest BCUT2D eigenvalue weighted by Gasteiger charge is -2.08. The highest BCUT2D eigenvalue weighted by atomic mass is 16.5. The zero-order valence-electron chi connectivity index (χ0n) is 15.7. The van der Waals surface area contributed by atoms with Gasteiger partial charge in [0.25, 0.3) is 0 Å². The number of aryl methyl sites for hydroxylation is 1. The van der Waals surface area contributed by atoms with Crippen LogP contribution in [0.15, 0.2) is 54.6 Å². The smallest absolute Gasteiger partial charge is 0.342 e. The van der Waals surface area contributed by atoms with E-state index >= 15 is 0 Å². The number of esters is 1. The molecule has 0 N–H and O–H groups in total. The van der Waals surface area contributed by atoms with Crippen LogP contribution in [-0.2, 0) is 11.3 Å². The molecule has 0 aliphatic rings. The van der Waals surface area contributed by atoms with E-state index in [0.717, 1.165) is 16.9 Å². The van der Waals surface area contributed by atoms with E-state index in [4.69, 9.17) is 4.74 Å². The predicted molar refractivity (Wildman–Crippen MR) is 103 cm³/mol. The van der Waals surface area contributed by atoms with Gasteiger partial charge in [-0.2, -0.15) is 5.10 Å². The number of nitrogens with zero attached hydrogens (tertiary/aromatic N) is 2. The summed E-state index contributed by atoms with van der Waals surface area (Å²) >= 11 is 0. The highest BCUT2D eigenvalue weighted by molar-refractivity contribution is 5.92. The van der Waals surface area contributed by atoms with Crippen LogP contribution in [0, 0.1) is 13.8 Å². The van der Waals surface area contributed by atoms with E-state index in [1.807, 2.05) is 56.3 Å². The Kier molecular flexibility index (Phi) is 5.21. The zero-order valence-corrected chi connectivity index (χ0v) is 15.7. The average Bonchev–Trinajstić information content (AvgIpc) is 2.95. The second-order valence-electron chi connectivity index (χ2n) is 6.77. The lowest BCUT2D eigenvalue weighted by Crippen LogP contribution is -2.08. The summed E-state index contributed by atoms with van der Waals surface area (Å²) in [5.41, 5.74) is 5.17. The maximum atomic E-state index is 12.6. The van der Waals surface area contributed by atoms with Gasteiger partial charge in [-0.15, -0.1) is 0 Å². The van der Waals surface area contributed by atoms with Crippen molar-refractivity contribution in [3.05, 3.63) is 82.7 Å². The van der Waals surface area contributed by atoms with Crippen LogP contribution in [0.2, 0.25) is 0 Å². The van der Waals surface area contributed by atoms with E-state index < -0.39 is 0 Å². The van der Waals surface area contributed by atoms with Crippen LogP contribution >= 0.6 is 0 Å². The number of ether oxygens (including phenoxy) is 1. The number of aromatic nitrogens is 2. The third-order valence-electron chi connectivity index (χ3n) is 4.51. The van der Waals surface area contributed by atoms with E-state index in [9.17, 15) is 4.79 Å². The fourth-order valence-electron chi connectivity index (χ4n) is 2.98. The van der Waals surface area contributed by atoms with Crippen molar-refractivity contribution in [2.45, 2.75) is 40.2 Å². The van der Waals surface area contributed by atoms with Gasteiger partial charge in [0.1, 0.15) is 12.2 Å². The van der Waals surface area contributed by atoms with Crippen LogP contribution in [0.5, 0.6) is 0 Å². The summed E-state index contributed by atoms with van der Waals surface area (Å²) in [7, 11) is 0. The van der Waals surface area contributed by atoms with Crippen molar-refractivity contribution < 1.29 is 9.53 Å². The first kappa shape index (κ1) is 17.9. The number of rotatable bonds is 5. The van der Waals surface area contributed by atoms with Crippen molar-refractivity contribution in [1.29, 1.82) is 0 Å². The number of benzene rings is 2. The first-order valence-electron chi connectivity index (χ1n) is 8.85. The minimum Gasteiger partial charge on any atom is -0.457 e. The predicted octanol–water partition coefficient (Wildman–Crippen LogP) is 4.97. The Labute approximate surface area is 154 Å². The number of para-hydroxylation sites is 1. The average molecular weight is 348 g/mol. The van der Waals surface area contributed by atoms with Gasteiger partial charge in [-0.1, -0.05) is 56.3 Å². The topological polar surface area (TPSA) is 44.1 Å². The first-order chi connectivity index (χ1) is 12.5. The molecular weight excluding hydrogens is 324 g/mol. The van der Waals surface area contributed by atoms with E-state index in [1.165, 1.54) is 5.56 Å². The Morgan fingerprint density at radius 2 is 1.69 bits per heavy atom. The molecule has 3 rings (SSSR count). The molecule has 1 heterocycles. The Morgan fingerprint density at radius 3 is 2.31 bits per heavy atom. The molecule has 0 unspecified atom stereocenters. The fraction of sp³-hybridized carbons (Fsp3) is 0.273. The Bertz CT molecular complexity index is 894. The third-order valence-corrected chi connectivity index (χ3v) is 4.51. The lowest BCUT2D eigenvalue weighted by molar-refractivity contribution is 0.0471. The summed E-state index contributed by atoms with van der Waals surface area (Å²) < 4.78 is 7.31. The zero-order chi connectivity index (χ0) is 18.7. The molecule has 134 valence electrons. The van der Waals surface area contributed by atoms with Crippen LogP contribution in [0.1, 0.15) is 52.6 Å². The van der Waals surface area contributed by atoms with Gasteiger partial charge in [-0.3, -0.25) is 0 Å². The second kappa shape index (κ2) is 7.56. The molecule has 0 amide bonds. The summed E-state index contributed by atoms with van der Waals surface area (Å²) in [5.74, 6) is 0.149. The van der Waals surface area contributed by atoms with Gasteiger partial charge >= 0.3 is 5.97 Å². The van der Waals surface area contributed by atoms with Gasteiger partial charge in [0.15, 0.2) is 0 Å². The van der Waals surface area contributed by atoms with Crippen molar-refractivity contribution in [2.75, 3.05) is 0 Å². The molecule has 4 nitrogen and oxygen atoms in total. The molecule has 0 atom stereocenters. The molecule has 4 heteroatoms. The van der Waals surface area contributed by atoms with E-state index in [0.29, 0.717) is 17.2 Å². The van der Waals surface area contributed by atoms with Gasteiger partial charge in [-0.25, -0.2) is 9.48 Å². The highest BCUT2D eigenvalue weighted by Gasteiger charge is 2.20. The number of carbonyl (C=O) groups is 1. The van der Waals surface area contributed by atoms with Crippen LogP contribution in [0.3, 0.4) is 0 Å². The van der Waals surface area contributed by atoms with Crippen molar-refractivity contribution in [2.24, 2.45) is 0 Å². The molecular formula is C22H24N2O2. The summed E-state index contributed by atoms with van der Waals surface area (Å²) in [6, 6.07) is 18.0. The van der Waals surface area contributed by atoms with Gasteiger partial charge in [-0.05, 0) is 43.0 Å². The molecule has 0 saturated carbocycles. The summed E-state index contributed by atoms with van der Waals surface area (Å²) in [5, 5.41) is 4.50. The summed E-state index contributed by atoms with van der Waals surface area (Å²) in [6.07, 6.45) is 0. The number of carbonyl (C=O) groups excluding carboxylic acids is 1. The molecule has 0 spiro atoms. The third kappa shape index (κ3) is 3.69. The molecule has 3 aromatic rings. The first-order valence-corrected chi connectivity index (χ1v) is 8.85. The van der Waals surface area contributed by atoms with Gasteiger partial charge < -0.3 is 4.74 Å². The molecule has 0 aliphatic heterocycles. The molecule has 0 saturated heterocycles. The maximum absolute atomic E-state index is 12.6. The minimum absolute atomic E-state index is 0.257. The Balaban J connectivity index is 1.75. The van der Waals surface area contributed by atoms with Gasteiger partial charge in [0.05, 0.1) is 17.1 Å². The van der Waals surface area contributed by atoms with E-state index in [1.54, 1.807) is 4.68 Å². The molecule has 0 aliphatic carbocycles. The quantitative estimate of drug-likeness (QED) is 0.612. The normalized spacial score (nSPS) is 11.0. The van der Waals surface area contributed by atoms with Crippen LogP contribution in [0.25, 0.3) is 5.69 Å². The fourth-order valence-corrected chi connectivity index (χ4v) is 2.98. The number of hydrogen-bond acceptors (Lipinski definition) is 3. The molecule has 26 heavy (non-hydrogen) atoms. The maximum Gasteiger partial charge on any atom is 0.342 e. The Hall–Kier alpha value is -2.88. The van der Waals surface area contributed by atoms with Crippen molar-refractivity contribution in [3.63, 3.8) is 0 Å². The minimum atomic E-state index is -0.338. The van der Waals surface area contributed by atoms with Crippen LogP contribution in [0.4, 0.5) is 0 Å². The molecule has 2 aromatic carbocycles. The lowest BCUT2D eigenvalue weighted by atomic mass is 10.0. The molecule has 0 bridgehead atoms. The highest BCUT2D eigenvalue weighted by Crippen LogP contribution is 2.20. The largest absolute Gasteiger partial charge is 0.457 e. The SMILES string of the molecule is Cc1nn(-c2ccccc2)c(C)c1C(=O)OCc1ccc(C(C)C)cc1. The van der Waals surface area contributed by atoms with Crippen molar-refractivity contribution in [3.8, 4) is 5.69 Å². The van der Waals surface area contributed by atoms with Gasteiger partial charge in [0, 0.05) is 0 Å². The van der Waals surface area contributed by atoms with Crippen LogP contribution in [-0.4, -0.2) is 15.7 Å². The molecule has 0 fully saturated rings. The Morgan fingerprint density at radius 1 is 1.04 bits per heavy atom. The summed E-state index contributed by atoms with van der Waals surface area (Å²) in [6.45, 7) is 8.30. The van der Waals surface area contributed by atoms with Crippen LogP contribution < -0.4 is 0 Å². The monoisotopic (exact) mass is 348 g/mol. The number of hydrogen-bond donors (Lipinski definition) is 0. The standard InChI is InChI=1S/C22H24N2O2/c1-15(2)19-12-10-18(11-13-19)14-26-22(25)21-16(3)23-24(17(21)4)20-8-6-5-7-9-20/h5-13,15H,14H2,1-4H3. The van der Waals surface area contributed by atoms with E-state index in [2.05, 4.69) is 31.1 Å². The van der Waals surface area contributed by atoms with Crippen molar-refractivity contribution >= 4 is 5.97 Å². The molecule has 0 radical (unpaired) electrons. The second-order valence-corrected chi connectivity index (χ2v) is 6.77.